The summed E-state index contributed by atoms with van der Waals surface area (Å²) in [6, 6.07) is 6.26. The molecule has 0 atom stereocenters. The maximum atomic E-state index is 12.2. The fraction of sp³-hybridized carbons (Fsp3) is 0.176. The zero-order valence-corrected chi connectivity index (χ0v) is 14.2. The number of carbonyl (C=O) groups is 2. The van der Waals surface area contributed by atoms with Gasteiger partial charge in [0.15, 0.2) is 17.3 Å². The number of carboxylic acid groups (broad SMARTS) is 1. The number of hydrogen-bond donors (Lipinski definition) is 1. The van der Waals surface area contributed by atoms with Crippen LogP contribution in [0, 0.1) is 0 Å². The molecule has 0 unspecified atom stereocenters. The summed E-state index contributed by atoms with van der Waals surface area (Å²) < 4.78 is 15.7. The van der Waals surface area contributed by atoms with E-state index in [1.54, 1.807) is 18.2 Å². The summed E-state index contributed by atoms with van der Waals surface area (Å²) in [7, 11) is 4.55. The van der Waals surface area contributed by atoms with E-state index < -0.39 is 5.97 Å². The summed E-state index contributed by atoms with van der Waals surface area (Å²) in [6.07, 6.45) is 2.95. The van der Waals surface area contributed by atoms with Crippen LogP contribution in [-0.2, 0) is 0 Å². The van der Waals surface area contributed by atoms with Crippen LogP contribution in [0.4, 0.5) is 0 Å². The first-order valence-corrected chi connectivity index (χ1v) is 7.67. The number of allylic oxidation sites excluding steroid dienone is 1. The molecule has 0 saturated heterocycles. The third-order valence-electron chi connectivity index (χ3n) is 3.21. The molecule has 0 aliphatic heterocycles. The Labute approximate surface area is 142 Å². The van der Waals surface area contributed by atoms with E-state index in [-0.39, 0.29) is 10.7 Å². The SMILES string of the molecule is COc1cc(OC)c(OC)cc1/C=C/C(=O)c1ccc(C(=O)O)s1. The second-order valence-electron chi connectivity index (χ2n) is 4.62. The molecule has 2 aromatic rings. The minimum absolute atomic E-state index is 0.121. The van der Waals surface area contributed by atoms with Crippen LogP contribution in [0.1, 0.15) is 24.9 Å². The molecule has 0 radical (unpaired) electrons. The summed E-state index contributed by atoms with van der Waals surface area (Å²) in [5.41, 5.74) is 0.638. The predicted octanol–water partition coefficient (Wildman–Crippen LogP) is 3.37. The molecule has 7 heteroatoms. The van der Waals surface area contributed by atoms with Crippen molar-refractivity contribution in [3.05, 3.63) is 45.7 Å². The summed E-state index contributed by atoms with van der Waals surface area (Å²) in [6.45, 7) is 0. The molecule has 6 nitrogen and oxygen atoms in total. The van der Waals surface area contributed by atoms with Crippen molar-refractivity contribution < 1.29 is 28.9 Å². The zero-order valence-electron chi connectivity index (χ0n) is 13.4. The smallest absolute Gasteiger partial charge is 0.345 e. The number of methoxy groups -OCH3 is 3. The van der Waals surface area contributed by atoms with Gasteiger partial charge in [0, 0.05) is 11.6 Å². The van der Waals surface area contributed by atoms with Crippen molar-refractivity contribution in [3.63, 3.8) is 0 Å². The van der Waals surface area contributed by atoms with E-state index in [1.807, 2.05) is 0 Å². The average Bonchev–Trinajstić information content (AvgIpc) is 3.09. The number of rotatable bonds is 7. The number of aromatic carboxylic acids is 1. The van der Waals surface area contributed by atoms with Gasteiger partial charge in [0.2, 0.25) is 0 Å². The molecule has 0 amide bonds. The molecule has 0 saturated carbocycles. The molecule has 0 aliphatic carbocycles. The fourth-order valence-corrected chi connectivity index (χ4v) is 2.78. The molecule has 1 aromatic heterocycles. The van der Waals surface area contributed by atoms with Gasteiger partial charge in [-0.2, -0.15) is 0 Å². The van der Waals surface area contributed by atoms with E-state index in [1.165, 1.54) is 39.5 Å². The van der Waals surface area contributed by atoms with E-state index in [0.29, 0.717) is 27.7 Å². The van der Waals surface area contributed by atoms with Crippen molar-refractivity contribution in [2.75, 3.05) is 21.3 Å². The number of ether oxygens (including phenoxy) is 3. The first-order valence-electron chi connectivity index (χ1n) is 6.85. The van der Waals surface area contributed by atoms with Crippen LogP contribution in [0.25, 0.3) is 6.08 Å². The molecule has 0 spiro atoms. The number of carbonyl (C=O) groups excluding carboxylic acids is 1. The Balaban J connectivity index is 2.29. The third-order valence-corrected chi connectivity index (χ3v) is 4.30. The highest BCUT2D eigenvalue weighted by Gasteiger charge is 2.13. The van der Waals surface area contributed by atoms with Crippen LogP contribution in [0.15, 0.2) is 30.3 Å². The van der Waals surface area contributed by atoms with Gasteiger partial charge >= 0.3 is 5.97 Å². The van der Waals surface area contributed by atoms with E-state index >= 15 is 0 Å². The van der Waals surface area contributed by atoms with Crippen LogP contribution in [0.2, 0.25) is 0 Å². The fourth-order valence-electron chi connectivity index (χ4n) is 2.02. The number of carboxylic acids is 1. The van der Waals surface area contributed by atoms with Crippen molar-refractivity contribution in [3.8, 4) is 17.2 Å². The molecule has 0 bridgehead atoms. The van der Waals surface area contributed by atoms with Crippen molar-refractivity contribution in [2.45, 2.75) is 0 Å². The minimum Gasteiger partial charge on any atom is -0.496 e. The van der Waals surface area contributed by atoms with Crippen LogP contribution in [0.3, 0.4) is 0 Å². The third kappa shape index (κ3) is 3.75. The van der Waals surface area contributed by atoms with Crippen LogP contribution >= 0.6 is 11.3 Å². The molecule has 1 heterocycles. The van der Waals surface area contributed by atoms with Gasteiger partial charge in [0.1, 0.15) is 10.6 Å². The van der Waals surface area contributed by atoms with Crippen molar-refractivity contribution >= 4 is 29.2 Å². The van der Waals surface area contributed by atoms with Gasteiger partial charge in [-0.15, -0.1) is 11.3 Å². The van der Waals surface area contributed by atoms with Crippen molar-refractivity contribution in [1.29, 1.82) is 0 Å². The standard InChI is InChI=1S/C17H16O6S/c1-21-12-9-14(23-3)13(22-2)8-10(12)4-5-11(18)15-6-7-16(24-15)17(19)20/h4-9H,1-3H3,(H,19,20)/b5-4+. The number of hydrogen-bond acceptors (Lipinski definition) is 6. The van der Waals surface area contributed by atoms with Crippen LogP contribution in [0.5, 0.6) is 17.2 Å². The molecular weight excluding hydrogens is 332 g/mol. The Morgan fingerprint density at radius 1 is 0.958 bits per heavy atom. The number of thiophene rings is 1. The van der Waals surface area contributed by atoms with Crippen LogP contribution in [-0.4, -0.2) is 38.2 Å². The molecule has 1 N–H and O–H groups in total. The largest absolute Gasteiger partial charge is 0.496 e. The van der Waals surface area contributed by atoms with Gasteiger partial charge in [0.25, 0.3) is 0 Å². The van der Waals surface area contributed by atoms with Crippen LogP contribution < -0.4 is 14.2 Å². The summed E-state index contributed by atoms with van der Waals surface area (Å²) in [4.78, 5) is 23.5. The second-order valence-corrected chi connectivity index (χ2v) is 5.70. The highest BCUT2D eigenvalue weighted by atomic mass is 32.1. The normalized spacial score (nSPS) is 10.6. The quantitative estimate of drug-likeness (QED) is 0.610. The first kappa shape index (κ1) is 17.6. The Hall–Kier alpha value is -2.80. The highest BCUT2D eigenvalue weighted by molar-refractivity contribution is 7.16. The van der Waals surface area contributed by atoms with Gasteiger partial charge in [0.05, 0.1) is 26.2 Å². The van der Waals surface area contributed by atoms with Gasteiger partial charge in [-0.1, -0.05) is 0 Å². The van der Waals surface area contributed by atoms with E-state index in [4.69, 9.17) is 19.3 Å². The maximum absolute atomic E-state index is 12.2. The lowest BCUT2D eigenvalue weighted by Gasteiger charge is -2.12. The van der Waals surface area contributed by atoms with Gasteiger partial charge in [-0.05, 0) is 30.4 Å². The minimum atomic E-state index is -1.05. The molecular formula is C17H16O6S. The molecule has 0 fully saturated rings. The molecule has 2 rings (SSSR count). The average molecular weight is 348 g/mol. The highest BCUT2D eigenvalue weighted by Crippen LogP contribution is 2.35. The lowest BCUT2D eigenvalue weighted by atomic mass is 10.1. The lowest BCUT2D eigenvalue weighted by molar-refractivity contribution is 0.0702. The van der Waals surface area contributed by atoms with E-state index in [2.05, 4.69) is 0 Å². The van der Waals surface area contributed by atoms with E-state index in [0.717, 1.165) is 11.3 Å². The van der Waals surface area contributed by atoms with Gasteiger partial charge < -0.3 is 19.3 Å². The summed E-state index contributed by atoms with van der Waals surface area (Å²) in [5.74, 6) is 0.208. The van der Waals surface area contributed by atoms with Gasteiger partial charge in [-0.25, -0.2) is 4.79 Å². The topological polar surface area (TPSA) is 82.1 Å². The molecule has 1 aromatic carbocycles. The van der Waals surface area contributed by atoms with E-state index in [9.17, 15) is 9.59 Å². The number of ketones is 1. The van der Waals surface area contributed by atoms with Crippen molar-refractivity contribution in [1.82, 2.24) is 0 Å². The maximum Gasteiger partial charge on any atom is 0.345 e. The molecule has 0 aliphatic rings. The Bertz CT molecular complexity index is 790. The number of benzene rings is 1. The van der Waals surface area contributed by atoms with Gasteiger partial charge in [-0.3, -0.25) is 4.79 Å². The van der Waals surface area contributed by atoms with Crippen molar-refractivity contribution in [2.24, 2.45) is 0 Å². The lowest BCUT2D eigenvalue weighted by Crippen LogP contribution is -1.95. The Morgan fingerprint density at radius 2 is 1.54 bits per heavy atom. The Morgan fingerprint density at radius 3 is 2.08 bits per heavy atom. The zero-order chi connectivity index (χ0) is 17.7. The Kier molecular flexibility index (Phi) is 5.59. The second kappa shape index (κ2) is 7.65. The monoisotopic (exact) mass is 348 g/mol. The summed E-state index contributed by atoms with van der Waals surface area (Å²) >= 11 is 0.932. The molecule has 24 heavy (non-hydrogen) atoms. The summed E-state index contributed by atoms with van der Waals surface area (Å²) in [5, 5.41) is 8.90. The predicted molar refractivity (Wildman–Crippen MR) is 90.7 cm³/mol. The molecule has 126 valence electrons. The first-order chi connectivity index (χ1) is 11.5.